The molecule has 0 spiro atoms. The molecule has 1 atom stereocenters. The molecule has 1 aromatic heterocycles. The van der Waals surface area contributed by atoms with Crippen LogP contribution < -0.4 is 5.73 Å². The summed E-state index contributed by atoms with van der Waals surface area (Å²) in [5, 5.41) is 4.25. The monoisotopic (exact) mass is 534 g/mol. The van der Waals surface area contributed by atoms with E-state index in [0.717, 1.165) is 23.1 Å². The van der Waals surface area contributed by atoms with Crippen molar-refractivity contribution in [3.63, 3.8) is 0 Å². The first-order chi connectivity index (χ1) is 18.3. The van der Waals surface area contributed by atoms with Crippen LogP contribution in [0.25, 0.3) is 10.9 Å². The van der Waals surface area contributed by atoms with Gasteiger partial charge in [-0.1, -0.05) is 81.5 Å². The number of nitrogens with zero attached hydrogens (tertiary/aromatic N) is 4. The standard InChI is InChI=1S/C12H12F3N2.C9H12N2.C6H12.C2H6.CH5N/c1-7-3-4-9-8(5-7)10(16-2)6-11(17-9)12(13,14)15;1-2-8-6-10-11(7-8)9-4-3-5-9;1-2-4-6-5-3-1;2*1-2/h2,5,10H,3-4,6H2,1H3;2,6-7,9H,1,3-5H2;1-6H2;1-2H3;2H2,1H3/q+1;;;;. The van der Waals surface area contributed by atoms with Gasteiger partial charge in [0.25, 0.3) is 6.57 Å². The predicted octanol–water partition coefficient (Wildman–Crippen LogP) is 8.91. The van der Waals surface area contributed by atoms with Crippen molar-refractivity contribution in [1.82, 2.24) is 9.78 Å². The summed E-state index contributed by atoms with van der Waals surface area (Å²) in [7, 11) is 1.50. The minimum atomic E-state index is -4.39. The largest absolute Gasteiger partial charge is 0.429 e. The van der Waals surface area contributed by atoms with Gasteiger partial charge in [-0.25, -0.2) is 0 Å². The van der Waals surface area contributed by atoms with E-state index in [-0.39, 0.29) is 6.42 Å². The fraction of sp³-hybridized carbons (Fsp3) is 0.633. The average Bonchev–Trinajstić information content (AvgIpc) is 3.39. The number of halogens is 3. The van der Waals surface area contributed by atoms with Gasteiger partial charge in [-0.15, -0.1) is 0 Å². The Bertz CT molecular complexity index is 959. The SMILES string of the molecule is C#[N+]C1CC(C(F)(F)F)=NC2=C1C=C(C)CC2.C1CCCCC1.C=Cc1cnn(C2CCC2)c1.CC.CN. The fourth-order valence-electron chi connectivity index (χ4n) is 4.47. The van der Waals surface area contributed by atoms with E-state index in [2.05, 4.69) is 38.1 Å². The molecular formula is C30H47F3N5+. The Balaban J connectivity index is 0.000000293. The van der Waals surface area contributed by atoms with Gasteiger partial charge in [0, 0.05) is 11.8 Å². The highest BCUT2D eigenvalue weighted by Gasteiger charge is 2.44. The first kappa shape index (κ1) is 33.4. The van der Waals surface area contributed by atoms with Crippen molar-refractivity contribution in [1.29, 1.82) is 0 Å². The van der Waals surface area contributed by atoms with Crippen LogP contribution in [0.15, 0.2) is 46.9 Å². The number of aliphatic imine (C=N–C) groups is 1. The zero-order valence-electron chi connectivity index (χ0n) is 23.7. The van der Waals surface area contributed by atoms with Crippen LogP contribution in [0.4, 0.5) is 13.2 Å². The Labute approximate surface area is 227 Å². The molecule has 0 radical (unpaired) electrons. The van der Waals surface area contributed by atoms with Crippen LogP contribution in [0.3, 0.4) is 0 Å². The number of hydrogen-bond donors (Lipinski definition) is 1. The van der Waals surface area contributed by atoms with Gasteiger partial charge in [-0.2, -0.15) is 18.3 Å². The zero-order valence-corrected chi connectivity index (χ0v) is 23.7. The third-order valence-electron chi connectivity index (χ3n) is 6.82. The van der Waals surface area contributed by atoms with Gasteiger partial charge in [0.05, 0.1) is 29.9 Å². The first-order valence-electron chi connectivity index (χ1n) is 14.0. The Morgan fingerprint density at radius 1 is 1.05 bits per heavy atom. The van der Waals surface area contributed by atoms with Crippen LogP contribution in [-0.4, -0.2) is 34.8 Å². The smallest absolute Gasteiger partial charge is 0.333 e. The summed E-state index contributed by atoms with van der Waals surface area (Å²) in [5.74, 6) is 0. The van der Waals surface area contributed by atoms with Crippen molar-refractivity contribution in [2.24, 2.45) is 10.7 Å². The quantitative estimate of drug-likeness (QED) is 0.412. The van der Waals surface area contributed by atoms with Crippen molar-refractivity contribution in [3.8, 4) is 6.57 Å². The summed E-state index contributed by atoms with van der Waals surface area (Å²) in [5.41, 5.74) is 7.20. The Kier molecular flexibility index (Phi) is 15.6. The lowest BCUT2D eigenvalue weighted by atomic mass is 9.88. The van der Waals surface area contributed by atoms with Crippen LogP contribution in [0.1, 0.15) is 109 Å². The molecule has 212 valence electrons. The van der Waals surface area contributed by atoms with Crippen molar-refractivity contribution in [2.45, 2.75) is 116 Å². The number of rotatable bonds is 2. The molecule has 0 amide bonds. The van der Waals surface area contributed by atoms with Gasteiger partial charge >= 0.3 is 12.2 Å². The van der Waals surface area contributed by atoms with Gasteiger partial charge in [-0.3, -0.25) is 9.67 Å². The minimum Gasteiger partial charge on any atom is -0.333 e. The van der Waals surface area contributed by atoms with Gasteiger partial charge < -0.3 is 5.73 Å². The van der Waals surface area contributed by atoms with Crippen molar-refractivity contribution in [2.75, 3.05) is 7.05 Å². The molecule has 1 aliphatic heterocycles. The third kappa shape index (κ3) is 10.6. The Morgan fingerprint density at radius 2 is 1.63 bits per heavy atom. The maximum Gasteiger partial charge on any atom is 0.429 e. The first-order valence-corrected chi connectivity index (χ1v) is 14.0. The van der Waals surface area contributed by atoms with Crippen LogP contribution in [0.5, 0.6) is 0 Å². The molecule has 2 saturated carbocycles. The molecule has 2 N–H and O–H groups in total. The summed E-state index contributed by atoms with van der Waals surface area (Å²) in [6, 6.07) is 0.0538. The van der Waals surface area contributed by atoms with Gasteiger partial charge in [0.1, 0.15) is 5.71 Å². The number of nitrogens with two attached hydrogens (primary N) is 1. The van der Waals surface area contributed by atoms with E-state index in [0.29, 0.717) is 18.2 Å². The molecule has 2 heterocycles. The lowest BCUT2D eigenvalue weighted by Gasteiger charge is -2.25. The summed E-state index contributed by atoms with van der Waals surface area (Å²) in [6.45, 7) is 14.8. The molecule has 8 heteroatoms. The lowest BCUT2D eigenvalue weighted by molar-refractivity contribution is -0.0607. The van der Waals surface area contributed by atoms with Crippen LogP contribution in [0.2, 0.25) is 0 Å². The van der Waals surface area contributed by atoms with Crippen molar-refractivity contribution >= 4 is 11.8 Å². The van der Waals surface area contributed by atoms with Gasteiger partial charge in [-0.05, 0) is 46.1 Å². The van der Waals surface area contributed by atoms with Gasteiger partial charge in [0.15, 0.2) is 0 Å². The maximum absolute atomic E-state index is 12.6. The number of alkyl halides is 3. The molecule has 1 aromatic rings. The highest BCUT2D eigenvalue weighted by atomic mass is 19.4. The van der Waals surface area contributed by atoms with E-state index in [1.807, 2.05) is 39.1 Å². The fourth-order valence-corrected chi connectivity index (χ4v) is 4.47. The molecule has 4 aliphatic rings. The zero-order chi connectivity index (χ0) is 28.6. The summed E-state index contributed by atoms with van der Waals surface area (Å²) in [6.07, 6.45) is 17.2. The normalized spacial score (nSPS) is 20.3. The predicted molar refractivity (Wildman–Crippen MR) is 155 cm³/mol. The molecule has 2 fully saturated rings. The second kappa shape index (κ2) is 17.8. The van der Waals surface area contributed by atoms with E-state index in [1.165, 1.54) is 64.8 Å². The van der Waals surface area contributed by atoms with E-state index in [4.69, 9.17) is 6.57 Å². The molecule has 5 nitrogen and oxygen atoms in total. The summed E-state index contributed by atoms with van der Waals surface area (Å²) in [4.78, 5) is 7.27. The number of aromatic nitrogens is 2. The van der Waals surface area contributed by atoms with Crippen molar-refractivity contribution < 1.29 is 13.2 Å². The Hall–Kier alpha value is -2.66. The topological polar surface area (TPSA) is 60.6 Å². The summed E-state index contributed by atoms with van der Waals surface area (Å²) < 4.78 is 40.0. The molecule has 0 aromatic carbocycles. The molecule has 38 heavy (non-hydrogen) atoms. The highest BCUT2D eigenvalue weighted by Crippen LogP contribution is 2.36. The Morgan fingerprint density at radius 3 is 2.05 bits per heavy atom. The van der Waals surface area contributed by atoms with Crippen LogP contribution in [-0.2, 0) is 0 Å². The van der Waals surface area contributed by atoms with Crippen LogP contribution >= 0.6 is 0 Å². The number of hydrogen-bond acceptors (Lipinski definition) is 3. The summed E-state index contributed by atoms with van der Waals surface area (Å²) >= 11 is 0. The molecule has 3 aliphatic carbocycles. The average molecular weight is 535 g/mol. The van der Waals surface area contributed by atoms with Crippen LogP contribution in [0, 0.1) is 6.57 Å². The minimum absolute atomic E-state index is 0.261. The molecular weight excluding hydrogens is 487 g/mol. The molecule has 5 rings (SSSR count). The molecule has 1 unspecified atom stereocenters. The maximum atomic E-state index is 12.6. The molecule has 0 saturated heterocycles. The van der Waals surface area contributed by atoms with E-state index < -0.39 is 17.9 Å². The van der Waals surface area contributed by atoms with E-state index >= 15 is 0 Å². The van der Waals surface area contributed by atoms with Crippen molar-refractivity contribution in [3.05, 3.63) is 52.3 Å². The lowest BCUT2D eigenvalue weighted by Crippen LogP contribution is -2.31. The number of allylic oxidation sites excluding steroid dienone is 2. The van der Waals surface area contributed by atoms with Gasteiger partial charge in [0.2, 0.25) is 0 Å². The third-order valence-corrected chi connectivity index (χ3v) is 6.82. The van der Waals surface area contributed by atoms with E-state index in [1.54, 1.807) is 0 Å². The molecule has 0 bridgehead atoms. The second-order valence-electron chi connectivity index (χ2n) is 9.48. The van der Waals surface area contributed by atoms with E-state index in [9.17, 15) is 13.2 Å². The highest BCUT2D eigenvalue weighted by molar-refractivity contribution is 5.93. The second-order valence-corrected chi connectivity index (χ2v) is 9.48.